The molecule has 4 heteroatoms. The number of aromatic nitrogens is 1. The number of esters is 1. The number of benzene rings is 1. The number of hydrogen-bond donors (Lipinski definition) is 1. The van der Waals surface area contributed by atoms with Crippen molar-refractivity contribution >= 4 is 16.7 Å². The number of rotatable bonds is 3. The second kappa shape index (κ2) is 4.93. The predicted molar refractivity (Wildman–Crippen MR) is 65.4 cm³/mol. The molecule has 0 aliphatic heterocycles. The number of methoxy groups -OCH3 is 1. The highest BCUT2D eigenvalue weighted by atomic mass is 16.5. The Kier molecular flexibility index (Phi) is 3.35. The molecule has 1 aromatic carbocycles. The smallest absolute Gasteiger partial charge is 0.322 e. The number of fused-ring (bicyclic) bond motifs is 1. The predicted octanol–water partition coefficient (Wildman–Crippen LogP) is 1.28. The zero-order valence-corrected chi connectivity index (χ0v) is 9.59. The molecule has 2 N–H and O–H groups in total. The fourth-order valence-corrected chi connectivity index (χ4v) is 1.81. The summed E-state index contributed by atoms with van der Waals surface area (Å²) in [5.41, 5.74) is 6.71. The van der Waals surface area contributed by atoms with Gasteiger partial charge in [-0.3, -0.25) is 9.78 Å². The lowest BCUT2D eigenvalue weighted by atomic mass is 10.0. The first-order valence-corrected chi connectivity index (χ1v) is 5.37. The molecule has 0 saturated heterocycles. The molecular weight excluding hydrogens is 216 g/mol. The van der Waals surface area contributed by atoms with E-state index in [2.05, 4.69) is 9.72 Å². The second-order valence-electron chi connectivity index (χ2n) is 3.85. The Labute approximate surface area is 99.4 Å². The van der Waals surface area contributed by atoms with Crippen LogP contribution in [0.5, 0.6) is 0 Å². The molecule has 1 atom stereocenters. The Balaban J connectivity index is 2.33. The third kappa shape index (κ3) is 2.42. The van der Waals surface area contributed by atoms with Crippen LogP contribution >= 0.6 is 0 Å². The highest BCUT2D eigenvalue weighted by Crippen LogP contribution is 2.18. The molecule has 1 heterocycles. The Morgan fingerprint density at radius 1 is 1.41 bits per heavy atom. The molecule has 2 aromatic rings. The lowest BCUT2D eigenvalue weighted by Crippen LogP contribution is -2.33. The zero-order chi connectivity index (χ0) is 12.3. The van der Waals surface area contributed by atoms with E-state index in [4.69, 9.17) is 5.73 Å². The summed E-state index contributed by atoms with van der Waals surface area (Å²) in [7, 11) is 1.34. The first-order valence-electron chi connectivity index (χ1n) is 5.37. The molecule has 2 rings (SSSR count). The number of hydrogen-bond acceptors (Lipinski definition) is 4. The average molecular weight is 230 g/mol. The van der Waals surface area contributed by atoms with E-state index in [1.54, 1.807) is 12.4 Å². The van der Waals surface area contributed by atoms with Crippen molar-refractivity contribution in [1.82, 2.24) is 4.98 Å². The first-order chi connectivity index (χ1) is 8.22. The van der Waals surface area contributed by atoms with Gasteiger partial charge in [0, 0.05) is 24.2 Å². The standard InChI is InChI=1S/C13H14N2O2/c1-17-13(16)12(14)6-10-8-15-7-9-4-2-3-5-11(9)10/h2-5,7-8,12H,6,14H2,1H3/t12-/m1/s1. The molecule has 0 bridgehead atoms. The summed E-state index contributed by atoms with van der Waals surface area (Å²) < 4.78 is 4.61. The third-order valence-electron chi connectivity index (χ3n) is 2.69. The van der Waals surface area contributed by atoms with Crippen molar-refractivity contribution in [1.29, 1.82) is 0 Å². The number of carbonyl (C=O) groups excluding carboxylic acids is 1. The SMILES string of the molecule is COC(=O)[C@H](N)Cc1cncc2ccccc12. The molecule has 17 heavy (non-hydrogen) atoms. The van der Waals surface area contributed by atoms with Gasteiger partial charge in [-0.2, -0.15) is 0 Å². The minimum Gasteiger partial charge on any atom is -0.468 e. The third-order valence-corrected chi connectivity index (χ3v) is 2.69. The highest BCUT2D eigenvalue weighted by molar-refractivity contribution is 5.85. The molecule has 0 aliphatic rings. The molecule has 0 spiro atoms. The van der Waals surface area contributed by atoms with Crippen molar-refractivity contribution in [3.05, 3.63) is 42.2 Å². The maximum Gasteiger partial charge on any atom is 0.322 e. The van der Waals surface area contributed by atoms with Crippen molar-refractivity contribution in [2.24, 2.45) is 5.73 Å². The van der Waals surface area contributed by atoms with Gasteiger partial charge >= 0.3 is 5.97 Å². The molecule has 0 fully saturated rings. The van der Waals surface area contributed by atoms with Crippen molar-refractivity contribution in [2.75, 3.05) is 7.11 Å². The topological polar surface area (TPSA) is 65.2 Å². The Morgan fingerprint density at radius 3 is 2.94 bits per heavy atom. The van der Waals surface area contributed by atoms with Crippen molar-refractivity contribution < 1.29 is 9.53 Å². The minimum absolute atomic E-state index is 0.405. The van der Waals surface area contributed by atoms with Gasteiger partial charge in [0.1, 0.15) is 6.04 Å². The molecule has 88 valence electrons. The number of nitrogens with two attached hydrogens (primary N) is 1. The molecule has 0 radical (unpaired) electrons. The van der Waals surface area contributed by atoms with E-state index in [0.29, 0.717) is 6.42 Å². The van der Waals surface area contributed by atoms with E-state index in [9.17, 15) is 4.79 Å². The van der Waals surface area contributed by atoms with Crippen LogP contribution < -0.4 is 5.73 Å². The summed E-state index contributed by atoms with van der Waals surface area (Å²) in [6.45, 7) is 0. The van der Waals surface area contributed by atoms with E-state index in [-0.39, 0.29) is 0 Å². The molecule has 1 aromatic heterocycles. The number of pyridine rings is 1. The van der Waals surface area contributed by atoms with E-state index in [0.717, 1.165) is 16.3 Å². The van der Waals surface area contributed by atoms with Crippen molar-refractivity contribution in [3.8, 4) is 0 Å². The zero-order valence-electron chi connectivity index (χ0n) is 9.59. The van der Waals surface area contributed by atoms with Gasteiger partial charge in [-0.05, 0) is 10.9 Å². The van der Waals surface area contributed by atoms with E-state index in [1.807, 2.05) is 24.3 Å². The lowest BCUT2D eigenvalue weighted by Gasteiger charge is -2.10. The normalized spacial score (nSPS) is 12.4. The van der Waals surface area contributed by atoms with Crippen molar-refractivity contribution in [2.45, 2.75) is 12.5 Å². The molecule has 0 saturated carbocycles. The van der Waals surface area contributed by atoms with Gasteiger partial charge in [0.05, 0.1) is 7.11 Å². The van der Waals surface area contributed by atoms with Gasteiger partial charge in [0.2, 0.25) is 0 Å². The Morgan fingerprint density at radius 2 is 2.18 bits per heavy atom. The van der Waals surface area contributed by atoms with Crippen LogP contribution in [0.15, 0.2) is 36.7 Å². The van der Waals surface area contributed by atoms with E-state index in [1.165, 1.54) is 7.11 Å². The fourth-order valence-electron chi connectivity index (χ4n) is 1.81. The van der Waals surface area contributed by atoms with Crippen LogP contribution in [0.25, 0.3) is 10.8 Å². The molecular formula is C13H14N2O2. The number of carbonyl (C=O) groups is 1. The van der Waals surface area contributed by atoms with Crippen LogP contribution in [0.2, 0.25) is 0 Å². The molecule has 0 amide bonds. The molecule has 0 unspecified atom stereocenters. The van der Waals surface area contributed by atoms with Gasteiger partial charge in [0.15, 0.2) is 0 Å². The van der Waals surface area contributed by atoms with E-state index >= 15 is 0 Å². The number of ether oxygens (including phenoxy) is 1. The van der Waals surface area contributed by atoms with Crippen LogP contribution in [0.1, 0.15) is 5.56 Å². The molecule has 4 nitrogen and oxygen atoms in total. The first kappa shape index (κ1) is 11.5. The lowest BCUT2D eigenvalue weighted by molar-refractivity contribution is -0.142. The van der Waals surface area contributed by atoms with E-state index < -0.39 is 12.0 Å². The summed E-state index contributed by atoms with van der Waals surface area (Å²) in [5, 5.41) is 2.11. The van der Waals surface area contributed by atoms with Crippen LogP contribution in [0.4, 0.5) is 0 Å². The van der Waals surface area contributed by atoms with Crippen LogP contribution in [0, 0.1) is 0 Å². The quantitative estimate of drug-likeness (QED) is 0.807. The van der Waals surface area contributed by atoms with Crippen LogP contribution in [0.3, 0.4) is 0 Å². The van der Waals surface area contributed by atoms with Gasteiger partial charge in [-0.1, -0.05) is 24.3 Å². The monoisotopic (exact) mass is 230 g/mol. The van der Waals surface area contributed by atoms with Crippen LogP contribution in [-0.2, 0) is 16.0 Å². The van der Waals surface area contributed by atoms with Gasteiger partial charge in [-0.15, -0.1) is 0 Å². The fraction of sp³-hybridized carbons (Fsp3) is 0.231. The number of nitrogens with zero attached hydrogens (tertiary/aromatic N) is 1. The van der Waals surface area contributed by atoms with Crippen LogP contribution in [-0.4, -0.2) is 24.1 Å². The summed E-state index contributed by atoms with van der Waals surface area (Å²) in [5.74, 6) is -0.405. The maximum atomic E-state index is 11.3. The van der Waals surface area contributed by atoms with Gasteiger partial charge in [-0.25, -0.2) is 0 Å². The Hall–Kier alpha value is -1.94. The second-order valence-corrected chi connectivity index (χ2v) is 3.85. The summed E-state index contributed by atoms with van der Waals surface area (Å²) in [6, 6.07) is 7.24. The minimum atomic E-state index is -0.646. The molecule has 0 aliphatic carbocycles. The maximum absolute atomic E-state index is 11.3. The van der Waals surface area contributed by atoms with Gasteiger partial charge in [0.25, 0.3) is 0 Å². The summed E-state index contributed by atoms with van der Waals surface area (Å²) >= 11 is 0. The van der Waals surface area contributed by atoms with Crippen molar-refractivity contribution in [3.63, 3.8) is 0 Å². The summed E-state index contributed by atoms with van der Waals surface area (Å²) in [4.78, 5) is 15.4. The largest absolute Gasteiger partial charge is 0.468 e. The van der Waals surface area contributed by atoms with Gasteiger partial charge < -0.3 is 10.5 Å². The summed E-state index contributed by atoms with van der Waals surface area (Å²) in [6.07, 6.45) is 3.97. The highest BCUT2D eigenvalue weighted by Gasteiger charge is 2.15. The average Bonchev–Trinajstić information content (AvgIpc) is 2.38. The Bertz CT molecular complexity index is 534.